The van der Waals surface area contributed by atoms with E-state index in [0.29, 0.717) is 0 Å². The first-order valence-corrected chi connectivity index (χ1v) is 4.28. The van der Waals surface area contributed by atoms with Crippen LogP contribution in [0.1, 0.15) is 16.8 Å². The van der Waals surface area contributed by atoms with E-state index >= 15 is 0 Å². The largest absolute Gasteiger partial charge is 0.481 e. The standard InChI is InChI=1S/C9H9NO6/c11-7(12)3-6(9(14)15)10-8(13)5-1-2-16-4-5/h1-2,4,6H,3H2,(H,10,13)(H,11,12)(H,14,15)/t6-/m1/s1. The summed E-state index contributed by atoms with van der Waals surface area (Å²) in [6, 6.07) is -0.116. The Balaban J connectivity index is 2.65. The van der Waals surface area contributed by atoms with E-state index in [0.717, 1.165) is 6.26 Å². The Morgan fingerprint density at radius 3 is 2.50 bits per heavy atom. The molecule has 1 rings (SSSR count). The minimum absolute atomic E-state index is 0.136. The van der Waals surface area contributed by atoms with E-state index in [9.17, 15) is 14.4 Å². The van der Waals surface area contributed by atoms with Crippen LogP contribution in [-0.4, -0.2) is 34.1 Å². The molecule has 0 aromatic carbocycles. The van der Waals surface area contributed by atoms with Gasteiger partial charge in [-0.1, -0.05) is 0 Å². The highest BCUT2D eigenvalue weighted by Crippen LogP contribution is 2.01. The maximum Gasteiger partial charge on any atom is 0.326 e. The van der Waals surface area contributed by atoms with Crippen molar-refractivity contribution >= 4 is 17.8 Å². The van der Waals surface area contributed by atoms with Gasteiger partial charge in [0.05, 0.1) is 18.2 Å². The van der Waals surface area contributed by atoms with Crippen molar-refractivity contribution in [3.05, 3.63) is 24.2 Å². The third-order valence-electron chi connectivity index (χ3n) is 1.77. The molecule has 1 amide bonds. The van der Waals surface area contributed by atoms with Crippen LogP contribution >= 0.6 is 0 Å². The van der Waals surface area contributed by atoms with Gasteiger partial charge >= 0.3 is 11.9 Å². The fourth-order valence-corrected chi connectivity index (χ4v) is 1.01. The molecule has 86 valence electrons. The molecule has 0 bridgehead atoms. The first-order chi connectivity index (χ1) is 7.50. The number of carbonyl (C=O) groups excluding carboxylic acids is 1. The van der Waals surface area contributed by atoms with Gasteiger partial charge in [0, 0.05) is 0 Å². The highest BCUT2D eigenvalue weighted by atomic mass is 16.4. The number of amides is 1. The van der Waals surface area contributed by atoms with Crippen molar-refractivity contribution in [2.75, 3.05) is 0 Å². The van der Waals surface area contributed by atoms with Crippen LogP contribution in [0.4, 0.5) is 0 Å². The zero-order valence-electron chi connectivity index (χ0n) is 8.04. The molecule has 0 spiro atoms. The van der Waals surface area contributed by atoms with Crippen LogP contribution in [0.2, 0.25) is 0 Å². The van der Waals surface area contributed by atoms with Crippen molar-refractivity contribution in [2.45, 2.75) is 12.5 Å². The van der Waals surface area contributed by atoms with Crippen molar-refractivity contribution in [1.29, 1.82) is 0 Å². The molecule has 16 heavy (non-hydrogen) atoms. The maximum atomic E-state index is 11.4. The van der Waals surface area contributed by atoms with Crippen LogP contribution in [0.3, 0.4) is 0 Å². The van der Waals surface area contributed by atoms with Crippen molar-refractivity contribution in [3.8, 4) is 0 Å². The SMILES string of the molecule is O=C(O)C[C@@H](NC(=O)c1ccoc1)C(=O)O. The summed E-state index contributed by atoms with van der Waals surface area (Å²) in [6.45, 7) is 0. The van der Waals surface area contributed by atoms with E-state index in [4.69, 9.17) is 10.2 Å². The number of hydrogen-bond donors (Lipinski definition) is 3. The molecule has 0 saturated carbocycles. The van der Waals surface area contributed by atoms with Crippen LogP contribution in [0.25, 0.3) is 0 Å². The molecule has 0 unspecified atom stereocenters. The molecule has 0 fully saturated rings. The van der Waals surface area contributed by atoms with Gasteiger partial charge in [-0.3, -0.25) is 9.59 Å². The average Bonchev–Trinajstić information content (AvgIpc) is 2.68. The van der Waals surface area contributed by atoms with Gasteiger partial charge < -0.3 is 19.9 Å². The molecule has 1 aromatic heterocycles. The topological polar surface area (TPSA) is 117 Å². The molecule has 0 aliphatic carbocycles. The lowest BCUT2D eigenvalue weighted by Crippen LogP contribution is -2.42. The molecule has 7 nitrogen and oxygen atoms in total. The maximum absolute atomic E-state index is 11.4. The molecular weight excluding hydrogens is 218 g/mol. The van der Waals surface area contributed by atoms with Crippen LogP contribution in [0, 0.1) is 0 Å². The fourth-order valence-electron chi connectivity index (χ4n) is 1.01. The summed E-state index contributed by atoms with van der Waals surface area (Å²) in [7, 11) is 0. The second-order valence-corrected chi connectivity index (χ2v) is 2.97. The molecule has 1 heterocycles. The number of furan rings is 1. The number of carboxylic acid groups (broad SMARTS) is 2. The Kier molecular flexibility index (Phi) is 3.65. The minimum Gasteiger partial charge on any atom is -0.481 e. The van der Waals surface area contributed by atoms with Crippen LogP contribution in [0.15, 0.2) is 23.0 Å². The van der Waals surface area contributed by atoms with E-state index in [1.54, 1.807) is 0 Å². The van der Waals surface area contributed by atoms with E-state index in [-0.39, 0.29) is 5.56 Å². The summed E-state index contributed by atoms with van der Waals surface area (Å²) in [4.78, 5) is 32.4. The number of nitrogens with one attached hydrogen (secondary N) is 1. The molecule has 0 saturated heterocycles. The molecule has 0 radical (unpaired) electrons. The first-order valence-electron chi connectivity index (χ1n) is 4.28. The van der Waals surface area contributed by atoms with Crippen molar-refractivity contribution in [1.82, 2.24) is 5.32 Å². The summed E-state index contributed by atoms with van der Waals surface area (Å²) in [6.07, 6.45) is 1.70. The number of rotatable bonds is 5. The molecule has 0 aliphatic rings. The second-order valence-electron chi connectivity index (χ2n) is 2.97. The van der Waals surface area contributed by atoms with Gasteiger partial charge in [0.25, 0.3) is 5.91 Å². The lowest BCUT2D eigenvalue weighted by Gasteiger charge is -2.10. The third-order valence-corrected chi connectivity index (χ3v) is 1.77. The molecule has 7 heteroatoms. The van der Waals surface area contributed by atoms with Gasteiger partial charge in [0.15, 0.2) is 0 Å². The number of aliphatic carboxylic acids is 2. The summed E-state index contributed by atoms with van der Waals surface area (Å²) >= 11 is 0. The van der Waals surface area contributed by atoms with Gasteiger partial charge in [-0.15, -0.1) is 0 Å². The highest BCUT2D eigenvalue weighted by molar-refractivity contribution is 5.96. The average molecular weight is 227 g/mol. The van der Waals surface area contributed by atoms with Crippen molar-refractivity contribution < 1.29 is 29.0 Å². The van der Waals surface area contributed by atoms with Crippen molar-refractivity contribution in [3.63, 3.8) is 0 Å². The Morgan fingerprint density at radius 1 is 1.38 bits per heavy atom. The molecule has 0 aliphatic heterocycles. The number of hydrogen-bond acceptors (Lipinski definition) is 4. The van der Waals surface area contributed by atoms with E-state index in [1.807, 2.05) is 0 Å². The third kappa shape index (κ3) is 3.12. The summed E-state index contributed by atoms with van der Waals surface area (Å²) in [5.74, 6) is -3.40. The van der Waals surface area contributed by atoms with E-state index in [2.05, 4.69) is 9.73 Å². The Bertz CT molecular complexity index is 396. The molecule has 3 N–H and O–H groups in total. The van der Waals surface area contributed by atoms with E-state index in [1.165, 1.54) is 12.3 Å². The van der Waals surface area contributed by atoms with Gasteiger partial charge in [0.1, 0.15) is 12.3 Å². The Labute approximate surface area is 89.7 Å². The molecule has 1 aromatic rings. The fraction of sp³-hybridized carbons (Fsp3) is 0.222. The predicted molar refractivity (Wildman–Crippen MR) is 49.9 cm³/mol. The number of carbonyl (C=O) groups is 3. The van der Waals surface area contributed by atoms with E-state index < -0.39 is 30.3 Å². The molecular formula is C9H9NO6. The summed E-state index contributed by atoms with van der Waals surface area (Å²) < 4.78 is 4.63. The lowest BCUT2D eigenvalue weighted by atomic mass is 10.2. The lowest BCUT2D eigenvalue weighted by molar-refractivity contribution is -0.145. The van der Waals surface area contributed by atoms with Crippen LogP contribution in [-0.2, 0) is 9.59 Å². The van der Waals surface area contributed by atoms with Gasteiger partial charge in [-0.2, -0.15) is 0 Å². The quantitative estimate of drug-likeness (QED) is 0.648. The summed E-state index contributed by atoms with van der Waals surface area (Å²) in [5, 5.41) is 19.2. The minimum atomic E-state index is -1.46. The monoisotopic (exact) mass is 227 g/mol. The summed E-state index contributed by atoms with van der Waals surface area (Å²) in [5.41, 5.74) is 0.136. The normalized spacial score (nSPS) is 11.8. The van der Waals surface area contributed by atoms with Crippen LogP contribution < -0.4 is 5.32 Å². The van der Waals surface area contributed by atoms with Crippen molar-refractivity contribution in [2.24, 2.45) is 0 Å². The van der Waals surface area contributed by atoms with Gasteiger partial charge in [-0.25, -0.2) is 4.79 Å². The smallest absolute Gasteiger partial charge is 0.326 e. The number of carboxylic acids is 2. The molecule has 1 atom stereocenters. The van der Waals surface area contributed by atoms with Gasteiger partial charge in [0.2, 0.25) is 0 Å². The Morgan fingerprint density at radius 2 is 2.06 bits per heavy atom. The first kappa shape index (κ1) is 11.8. The van der Waals surface area contributed by atoms with Crippen LogP contribution in [0.5, 0.6) is 0 Å². The zero-order chi connectivity index (χ0) is 12.1. The zero-order valence-corrected chi connectivity index (χ0v) is 8.04. The van der Waals surface area contributed by atoms with Gasteiger partial charge in [-0.05, 0) is 6.07 Å². The predicted octanol–water partition coefficient (Wildman–Crippen LogP) is -0.0627. The Hall–Kier alpha value is -2.31. The second kappa shape index (κ2) is 4.96. The highest BCUT2D eigenvalue weighted by Gasteiger charge is 2.23.